The summed E-state index contributed by atoms with van der Waals surface area (Å²) in [6, 6.07) is 7.05. The first kappa shape index (κ1) is 13.7. The molecule has 0 aromatic heterocycles. The molecule has 0 aliphatic heterocycles. The third-order valence-corrected chi connectivity index (χ3v) is 5.04. The van der Waals surface area contributed by atoms with E-state index in [1.807, 2.05) is 24.3 Å². The molecule has 1 aromatic carbocycles. The first-order valence-electron chi connectivity index (χ1n) is 6.56. The Hall–Kier alpha value is -1.31. The first-order chi connectivity index (χ1) is 9.57. The van der Waals surface area contributed by atoms with Crippen LogP contribution in [0.25, 0.3) is 0 Å². The van der Waals surface area contributed by atoms with Gasteiger partial charge in [0.1, 0.15) is 12.1 Å². The van der Waals surface area contributed by atoms with E-state index in [9.17, 15) is 13.3 Å². The maximum Gasteiger partial charge on any atom is 0.400 e. The lowest BCUT2D eigenvalue weighted by Crippen LogP contribution is -2.34. The average Bonchev–Trinajstić information content (AvgIpc) is 2.94. The maximum absolute atomic E-state index is 11.6. The van der Waals surface area contributed by atoms with E-state index in [1.54, 1.807) is 6.92 Å². The molecular weight excluding hydrogens is 282 g/mol. The van der Waals surface area contributed by atoms with Gasteiger partial charge in [0.25, 0.3) is 0 Å². The summed E-state index contributed by atoms with van der Waals surface area (Å²) >= 11 is 0. The molecule has 1 saturated carbocycles. The number of rotatable bonds is 5. The normalized spacial score (nSPS) is 31.2. The van der Waals surface area contributed by atoms with Crippen molar-refractivity contribution in [1.29, 1.82) is 0 Å². The summed E-state index contributed by atoms with van der Waals surface area (Å²) in [5.41, 5.74) is 2.13. The predicted octanol–water partition coefficient (Wildman–Crippen LogP) is 2.07. The summed E-state index contributed by atoms with van der Waals surface area (Å²) in [4.78, 5) is 11.1. The number of nitroso groups, excluding NO2 is 1. The minimum atomic E-state index is -4.08. The second-order valence-electron chi connectivity index (χ2n) is 5.05. The van der Waals surface area contributed by atoms with Gasteiger partial charge in [0.05, 0.1) is 6.61 Å². The van der Waals surface area contributed by atoms with Crippen LogP contribution in [0.4, 0.5) is 0 Å². The molecule has 0 N–H and O–H groups in total. The molecule has 3 rings (SSSR count). The van der Waals surface area contributed by atoms with Crippen LogP contribution in [0.2, 0.25) is 0 Å². The van der Waals surface area contributed by atoms with Crippen molar-refractivity contribution in [2.45, 2.75) is 37.3 Å². The van der Waals surface area contributed by atoms with Crippen LogP contribution < -0.4 is 0 Å². The predicted molar refractivity (Wildman–Crippen MR) is 71.5 cm³/mol. The molecule has 20 heavy (non-hydrogen) atoms. The molecule has 7 heteroatoms. The fourth-order valence-electron chi connectivity index (χ4n) is 3.38. The second kappa shape index (κ2) is 4.91. The fraction of sp³-hybridized carbons (Fsp3) is 0.538. The molecule has 4 atom stereocenters. The summed E-state index contributed by atoms with van der Waals surface area (Å²) in [6.45, 7) is 1.56. The van der Waals surface area contributed by atoms with Crippen LogP contribution in [0, 0.1) is 4.91 Å². The molecule has 2 bridgehead atoms. The Morgan fingerprint density at radius 2 is 1.90 bits per heavy atom. The molecule has 1 aromatic rings. The molecule has 1 fully saturated rings. The topological polar surface area (TPSA) is 82.0 Å². The molecule has 6 nitrogen and oxygen atoms in total. The van der Waals surface area contributed by atoms with Gasteiger partial charge in [-0.05, 0) is 24.5 Å². The number of hydrogen-bond donors (Lipinski definition) is 0. The molecule has 0 saturated heterocycles. The van der Waals surface area contributed by atoms with Crippen molar-refractivity contribution in [3.05, 3.63) is 40.3 Å². The summed E-state index contributed by atoms with van der Waals surface area (Å²) in [6.07, 6.45) is -0.0637. The lowest BCUT2D eigenvalue weighted by Gasteiger charge is -2.27. The zero-order valence-corrected chi connectivity index (χ0v) is 11.7. The Balaban J connectivity index is 1.92. The number of nitrogens with zero attached hydrogens (tertiary/aromatic N) is 1. The molecule has 108 valence electrons. The highest BCUT2D eigenvalue weighted by Gasteiger charge is 2.54. The van der Waals surface area contributed by atoms with Gasteiger partial charge in [-0.25, -0.2) is 8.37 Å². The van der Waals surface area contributed by atoms with E-state index in [-0.39, 0.29) is 18.4 Å². The minimum Gasteiger partial charge on any atom is -0.248 e. The Morgan fingerprint density at radius 1 is 1.25 bits per heavy atom. The summed E-state index contributed by atoms with van der Waals surface area (Å²) in [5, 5.41) is 3.10. The highest BCUT2D eigenvalue weighted by atomic mass is 32.3. The standard InChI is InChI=1S/C13H15NO5S/c1-2-18-20(16,17)19-13-11-7-10(12(13)14-15)8-5-3-4-6-9(8)11/h3-6,10-13H,2,7H2,1H3/t10-,11+,12-,13+/m1/s1. The van der Waals surface area contributed by atoms with Crippen LogP contribution in [-0.2, 0) is 18.8 Å². The van der Waals surface area contributed by atoms with Crippen LogP contribution in [0.1, 0.15) is 36.3 Å². The largest absolute Gasteiger partial charge is 0.400 e. The zero-order chi connectivity index (χ0) is 14.3. The van der Waals surface area contributed by atoms with Gasteiger partial charge >= 0.3 is 10.4 Å². The van der Waals surface area contributed by atoms with E-state index >= 15 is 0 Å². The van der Waals surface area contributed by atoms with Crippen molar-refractivity contribution < 1.29 is 16.8 Å². The monoisotopic (exact) mass is 297 g/mol. The smallest absolute Gasteiger partial charge is 0.248 e. The fourth-order valence-corrected chi connectivity index (χ4v) is 4.25. The number of hydrogen-bond acceptors (Lipinski definition) is 6. The van der Waals surface area contributed by atoms with Crippen molar-refractivity contribution in [2.75, 3.05) is 6.61 Å². The van der Waals surface area contributed by atoms with E-state index < -0.39 is 22.5 Å². The molecule has 2 aliphatic rings. The third kappa shape index (κ3) is 2.06. The van der Waals surface area contributed by atoms with Gasteiger partial charge in [-0.1, -0.05) is 29.4 Å². The first-order valence-corrected chi connectivity index (χ1v) is 7.89. The Morgan fingerprint density at radius 3 is 2.50 bits per heavy atom. The average molecular weight is 297 g/mol. The molecule has 0 radical (unpaired) electrons. The summed E-state index contributed by atoms with van der Waals surface area (Å²) in [7, 11) is -4.08. The highest BCUT2D eigenvalue weighted by Crippen LogP contribution is 2.55. The van der Waals surface area contributed by atoms with Gasteiger partial charge < -0.3 is 0 Å². The second-order valence-corrected chi connectivity index (χ2v) is 6.29. The van der Waals surface area contributed by atoms with Gasteiger partial charge in [-0.3, -0.25) is 0 Å². The number of fused-ring (bicyclic) bond motifs is 5. The Bertz CT molecular complexity index is 629. The van der Waals surface area contributed by atoms with Gasteiger partial charge in [0.15, 0.2) is 0 Å². The molecule has 0 spiro atoms. The van der Waals surface area contributed by atoms with Crippen molar-refractivity contribution in [2.24, 2.45) is 5.18 Å². The molecule has 0 amide bonds. The van der Waals surface area contributed by atoms with Gasteiger partial charge in [-0.15, -0.1) is 0 Å². The Labute approximate surface area is 117 Å². The van der Waals surface area contributed by atoms with E-state index in [0.717, 1.165) is 11.1 Å². The van der Waals surface area contributed by atoms with E-state index in [1.165, 1.54) is 0 Å². The SMILES string of the molecule is CCOS(=O)(=O)O[C@@H]1[C@H](N=O)[C@@H]2C[C@H]1c1ccccc12. The molecule has 0 heterocycles. The van der Waals surface area contributed by atoms with E-state index in [0.29, 0.717) is 6.42 Å². The lowest BCUT2D eigenvalue weighted by atomic mass is 9.87. The Kier molecular flexibility index (Phi) is 3.35. The van der Waals surface area contributed by atoms with E-state index in [2.05, 4.69) is 9.36 Å². The molecule has 0 unspecified atom stereocenters. The maximum atomic E-state index is 11.6. The quantitative estimate of drug-likeness (QED) is 0.777. The van der Waals surface area contributed by atoms with Crippen molar-refractivity contribution in [1.82, 2.24) is 0 Å². The number of benzene rings is 1. The zero-order valence-electron chi connectivity index (χ0n) is 10.9. The summed E-state index contributed by atoms with van der Waals surface area (Å²) < 4.78 is 33.0. The van der Waals surface area contributed by atoms with Gasteiger partial charge in [0.2, 0.25) is 0 Å². The van der Waals surface area contributed by atoms with Crippen LogP contribution >= 0.6 is 0 Å². The van der Waals surface area contributed by atoms with Gasteiger partial charge in [0, 0.05) is 11.8 Å². The minimum absolute atomic E-state index is 0.00107. The summed E-state index contributed by atoms with van der Waals surface area (Å²) in [5.74, 6) is -0.176. The molecular formula is C13H15NO5S. The lowest BCUT2D eigenvalue weighted by molar-refractivity contribution is 0.135. The van der Waals surface area contributed by atoms with Crippen molar-refractivity contribution in [3.8, 4) is 0 Å². The van der Waals surface area contributed by atoms with E-state index in [4.69, 9.17) is 4.18 Å². The molecule has 2 aliphatic carbocycles. The van der Waals surface area contributed by atoms with Crippen molar-refractivity contribution >= 4 is 10.4 Å². The van der Waals surface area contributed by atoms with Gasteiger partial charge in [-0.2, -0.15) is 13.3 Å². The third-order valence-electron chi connectivity index (χ3n) is 4.06. The van der Waals surface area contributed by atoms with Crippen LogP contribution in [0.15, 0.2) is 29.4 Å². The highest BCUT2D eigenvalue weighted by molar-refractivity contribution is 7.81. The van der Waals surface area contributed by atoms with Crippen LogP contribution in [0.3, 0.4) is 0 Å². The van der Waals surface area contributed by atoms with Crippen LogP contribution in [-0.4, -0.2) is 27.2 Å². The van der Waals surface area contributed by atoms with Crippen molar-refractivity contribution in [3.63, 3.8) is 0 Å². The van der Waals surface area contributed by atoms with Crippen LogP contribution in [0.5, 0.6) is 0 Å².